The van der Waals surface area contributed by atoms with E-state index in [0.29, 0.717) is 5.92 Å². The Morgan fingerprint density at radius 2 is 1.64 bits per heavy atom. The molecule has 1 atom stereocenters. The van der Waals surface area contributed by atoms with Crippen LogP contribution >= 0.6 is 0 Å². The van der Waals surface area contributed by atoms with Crippen LogP contribution in [0.15, 0.2) is 79.4 Å². The molecular formula is C35H45N. The van der Waals surface area contributed by atoms with E-state index in [9.17, 15) is 0 Å². The van der Waals surface area contributed by atoms with Gasteiger partial charge in [-0.25, -0.2) is 0 Å². The van der Waals surface area contributed by atoms with Crippen LogP contribution in [0.4, 0.5) is 0 Å². The monoisotopic (exact) mass is 479 g/mol. The predicted molar refractivity (Wildman–Crippen MR) is 160 cm³/mol. The average Bonchev–Trinajstić information content (AvgIpc) is 2.87. The van der Waals surface area contributed by atoms with Crippen molar-refractivity contribution in [3.63, 3.8) is 0 Å². The third-order valence-corrected chi connectivity index (χ3v) is 7.65. The highest BCUT2D eigenvalue weighted by molar-refractivity contribution is 5.93. The smallest absolute Gasteiger partial charge is 0.0262 e. The molecule has 3 aromatic carbocycles. The summed E-state index contributed by atoms with van der Waals surface area (Å²) >= 11 is 0. The first-order valence-electron chi connectivity index (χ1n) is 13.4. The molecule has 0 aliphatic rings. The van der Waals surface area contributed by atoms with Crippen LogP contribution in [0.5, 0.6) is 0 Å². The summed E-state index contributed by atoms with van der Waals surface area (Å²) in [7, 11) is 0. The van der Waals surface area contributed by atoms with E-state index >= 15 is 0 Å². The molecule has 0 aliphatic heterocycles. The van der Waals surface area contributed by atoms with Crippen LogP contribution in [0, 0.1) is 12.3 Å². The standard InChI is InChI=1S/C35H45N/c1-9-30(36)21-27-14-13-15-28(20-27)29-19-18-25(5)33(22-29)34(23-35(7,8)10-2)26(6)32-17-12-11-16-31(32)24(3)4/h9,11-20,22,24,30H,1,10,21,23,36H2,2-8H3/b34-26+. The molecule has 0 aromatic heterocycles. The summed E-state index contributed by atoms with van der Waals surface area (Å²) < 4.78 is 0. The number of benzene rings is 3. The molecule has 0 saturated heterocycles. The van der Waals surface area contributed by atoms with E-state index in [4.69, 9.17) is 5.73 Å². The summed E-state index contributed by atoms with van der Waals surface area (Å²) in [6, 6.07) is 24.6. The van der Waals surface area contributed by atoms with Crippen molar-refractivity contribution in [1.29, 1.82) is 0 Å². The molecule has 0 radical (unpaired) electrons. The Labute approximate surface area is 220 Å². The van der Waals surface area contributed by atoms with Crippen molar-refractivity contribution in [2.24, 2.45) is 11.1 Å². The minimum atomic E-state index is -0.0247. The lowest BCUT2D eigenvalue weighted by atomic mass is 9.77. The number of hydrogen-bond donors (Lipinski definition) is 1. The van der Waals surface area contributed by atoms with E-state index in [0.717, 1.165) is 19.3 Å². The fraction of sp³-hybridized carbons (Fsp3) is 0.371. The number of nitrogens with two attached hydrogens (primary N) is 1. The minimum Gasteiger partial charge on any atom is -0.324 e. The van der Waals surface area contributed by atoms with Gasteiger partial charge in [-0.2, -0.15) is 0 Å². The van der Waals surface area contributed by atoms with Gasteiger partial charge in [-0.05, 0) is 94.2 Å². The molecule has 3 rings (SSSR count). The van der Waals surface area contributed by atoms with E-state index in [2.05, 4.69) is 122 Å². The summed E-state index contributed by atoms with van der Waals surface area (Å²) in [6.07, 6.45) is 4.80. The van der Waals surface area contributed by atoms with Crippen molar-refractivity contribution in [2.45, 2.75) is 79.7 Å². The van der Waals surface area contributed by atoms with Crippen LogP contribution in [-0.2, 0) is 6.42 Å². The van der Waals surface area contributed by atoms with Crippen LogP contribution in [0.1, 0.15) is 88.1 Å². The van der Waals surface area contributed by atoms with Crippen LogP contribution in [0.2, 0.25) is 0 Å². The Balaban J connectivity index is 2.20. The van der Waals surface area contributed by atoms with Crippen LogP contribution in [0.25, 0.3) is 22.3 Å². The lowest BCUT2D eigenvalue weighted by Crippen LogP contribution is -2.19. The SMILES string of the molecule is C=CC(N)Cc1cccc(-c2ccc(C)c(/C(CC(C)(C)CC)=C(\C)c3ccccc3C(C)C)c2)c1. The van der Waals surface area contributed by atoms with Crippen LogP contribution < -0.4 is 5.73 Å². The van der Waals surface area contributed by atoms with E-state index < -0.39 is 0 Å². The fourth-order valence-corrected chi connectivity index (χ4v) is 4.90. The molecule has 1 heteroatoms. The second-order valence-corrected chi connectivity index (χ2v) is 11.4. The summed E-state index contributed by atoms with van der Waals surface area (Å²) in [5.41, 5.74) is 18.4. The maximum absolute atomic E-state index is 6.15. The molecule has 1 unspecified atom stereocenters. The van der Waals surface area contributed by atoms with E-state index in [-0.39, 0.29) is 11.5 Å². The van der Waals surface area contributed by atoms with Gasteiger partial charge < -0.3 is 5.73 Å². The molecule has 2 N–H and O–H groups in total. The Morgan fingerprint density at radius 3 is 2.31 bits per heavy atom. The number of aryl methyl sites for hydroxylation is 1. The molecular weight excluding hydrogens is 434 g/mol. The molecule has 0 aliphatic carbocycles. The second kappa shape index (κ2) is 11.9. The number of allylic oxidation sites excluding steroid dienone is 2. The van der Waals surface area contributed by atoms with Gasteiger partial charge in [0.25, 0.3) is 0 Å². The molecule has 3 aromatic rings. The lowest BCUT2D eigenvalue weighted by Gasteiger charge is -2.28. The summed E-state index contributed by atoms with van der Waals surface area (Å²) in [5, 5.41) is 0. The number of rotatable bonds is 10. The van der Waals surface area contributed by atoms with Gasteiger partial charge in [-0.15, -0.1) is 6.58 Å². The Bertz CT molecular complexity index is 1220. The lowest BCUT2D eigenvalue weighted by molar-refractivity contribution is 0.362. The van der Waals surface area contributed by atoms with Crippen LogP contribution in [0.3, 0.4) is 0 Å². The van der Waals surface area contributed by atoms with Gasteiger partial charge in [-0.3, -0.25) is 0 Å². The second-order valence-electron chi connectivity index (χ2n) is 11.4. The molecule has 190 valence electrons. The Kier molecular flexibility index (Phi) is 9.14. The van der Waals surface area contributed by atoms with Gasteiger partial charge in [0.05, 0.1) is 0 Å². The molecule has 0 fully saturated rings. The molecule has 1 nitrogen and oxygen atoms in total. The Morgan fingerprint density at radius 1 is 0.944 bits per heavy atom. The summed E-state index contributed by atoms with van der Waals surface area (Å²) in [5.74, 6) is 0.480. The average molecular weight is 480 g/mol. The van der Waals surface area contributed by atoms with Crippen molar-refractivity contribution >= 4 is 11.1 Å². The van der Waals surface area contributed by atoms with E-state index in [1.807, 2.05) is 6.08 Å². The summed E-state index contributed by atoms with van der Waals surface area (Å²) in [6.45, 7) is 20.1. The molecule has 36 heavy (non-hydrogen) atoms. The maximum atomic E-state index is 6.15. The van der Waals surface area contributed by atoms with Gasteiger partial charge >= 0.3 is 0 Å². The van der Waals surface area contributed by atoms with Gasteiger partial charge in [0.1, 0.15) is 0 Å². The number of hydrogen-bond acceptors (Lipinski definition) is 1. The largest absolute Gasteiger partial charge is 0.324 e. The summed E-state index contributed by atoms with van der Waals surface area (Å²) in [4.78, 5) is 0. The molecule has 0 heterocycles. The van der Waals surface area contributed by atoms with Crippen molar-refractivity contribution < 1.29 is 0 Å². The van der Waals surface area contributed by atoms with Gasteiger partial charge in [0, 0.05) is 6.04 Å². The van der Waals surface area contributed by atoms with Gasteiger partial charge in [-0.1, -0.05) is 108 Å². The van der Waals surface area contributed by atoms with Crippen molar-refractivity contribution in [3.8, 4) is 11.1 Å². The third kappa shape index (κ3) is 6.65. The van der Waals surface area contributed by atoms with Gasteiger partial charge in [0.15, 0.2) is 0 Å². The maximum Gasteiger partial charge on any atom is 0.0262 e. The van der Waals surface area contributed by atoms with Crippen molar-refractivity contribution in [2.75, 3.05) is 0 Å². The van der Waals surface area contributed by atoms with Crippen molar-refractivity contribution in [1.82, 2.24) is 0 Å². The minimum absolute atomic E-state index is 0.0247. The zero-order valence-corrected chi connectivity index (χ0v) is 23.5. The zero-order valence-electron chi connectivity index (χ0n) is 23.5. The zero-order chi connectivity index (χ0) is 26.5. The normalized spacial score (nSPS) is 13.5. The van der Waals surface area contributed by atoms with Crippen LogP contribution in [-0.4, -0.2) is 6.04 Å². The predicted octanol–water partition coefficient (Wildman–Crippen LogP) is 9.60. The topological polar surface area (TPSA) is 26.0 Å². The first-order chi connectivity index (χ1) is 17.1. The molecule has 0 bridgehead atoms. The molecule has 0 saturated carbocycles. The first kappa shape index (κ1) is 27.7. The highest BCUT2D eigenvalue weighted by Gasteiger charge is 2.23. The Hall–Kier alpha value is -2.90. The highest BCUT2D eigenvalue weighted by atomic mass is 14.6. The first-order valence-corrected chi connectivity index (χ1v) is 13.4. The van der Waals surface area contributed by atoms with E-state index in [1.54, 1.807) is 0 Å². The molecule has 0 amide bonds. The van der Waals surface area contributed by atoms with Crippen molar-refractivity contribution in [3.05, 3.63) is 107 Å². The van der Waals surface area contributed by atoms with E-state index in [1.165, 1.54) is 50.1 Å². The fourth-order valence-electron chi connectivity index (χ4n) is 4.90. The molecule has 0 spiro atoms. The highest BCUT2D eigenvalue weighted by Crippen LogP contribution is 2.41. The van der Waals surface area contributed by atoms with Gasteiger partial charge in [0.2, 0.25) is 0 Å². The quantitative estimate of drug-likeness (QED) is 0.227. The third-order valence-electron chi connectivity index (χ3n) is 7.65.